The van der Waals surface area contributed by atoms with Gasteiger partial charge in [0, 0.05) is 67.3 Å². The van der Waals surface area contributed by atoms with Crippen LogP contribution < -0.4 is 10.2 Å². The Morgan fingerprint density at radius 3 is 1.86 bits per heavy atom. The molecule has 15 heteroatoms. The van der Waals surface area contributed by atoms with Crippen LogP contribution in [-0.2, 0) is 9.59 Å². The third-order valence-electron chi connectivity index (χ3n) is 4.49. The first-order valence-electron chi connectivity index (χ1n) is 10.0. The molecule has 0 aliphatic carbocycles. The number of anilines is 1. The van der Waals surface area contributed by atoms with Crippen molar-refractivity contribution in [2.75, 3.05) is 31.1 Å². The number of nitrogens with zero attached hydrogens (tertiary/aromatic N) is 4. The van der Waals surface area contributed by atoms with Crippen LogP contribution in [-0.4, -0.2) is 75.6 Å². The molecule has 0 aromatic carbocycles. The molecular formula is C21H19F6N5O4. The largest absolute Gasteiger partial charge is 0.490 e. The minimum atomic E-state index is -5.08. The third kappa shape index (κ3) is 8.33. The number of carboxylic acid groups (broad SMARTS) is 2. The van der Waals surface area contributed by atoms with Gasteiger partial charge in [0.15, 0.2) is 0 Å². The van der Waals surface area contributed by atoms with Gasteiger partial charge in [-0.25, -0.2) is 14.6 Å². The fourth-order valence-corrected chi connectivity index (χ4v) is 2.87. The number of rotatable bonds is 2. The molecule has 1 saturated heterocycles. The molecule has 3 aromatic rings. The minimum Gasteiger partial charge on any atom is -0.475 e. The van der Waals surface area contributed by atoms with Gasteiger partial charge in [0.25, 0.3) is 0 Å². The number of carbonyl (C=O) groups is 2. The van der Waals surface area contributed by atoms with E-state index in [0.717, 1.165) is 54.0 Å². The van der Waals surface area contributed by atoms with Crippen LogP contribution in [0.15, 0.2) is 49.1 Å². The molecule has 1 aliphatic heterocycles. The molecule has 0 radical (unpaired) electrons. The molecule has 0 amide bonds. The van der Waals surface area contributed by atoms with E-state index < -0.39 is 24.3 Å². The lowest BCUT2D eigenvalue weighted by Gasteiger charge is -2.29. The Balaban J connectivity index is 0.000000271. The maximum Gasteiger partial charge on any atom is 0.490 e. The number of pyridine rings is 3. The van der Waals surface area contributed by atoms with Gasteiger partial charge >= 0.3 is 24.3 Å². The maximum atomic E-state index is 10.6. The highest BCUT2D eigenvalue weighted by Gasteiger charge is 2.38. The van der Waals surface area contributed by atoms with E-state index in [9.17, 15) is 26.3 Å². The van der Waals surface area contributed by atoms with Crippen LogP contribution in [0.3, 0.4) is 0 Å². The second kappa shape index (κ2) is 12.1. The van der Waals surface area contributed by atoms with Gasteiger partial charge in [0.1, 0.15) is 5.82 Å². The molecule has 194 valence electrons. The lowest BCUT2D eigenvalue weighted by atomic mass is 10.1. The van der Waals surface area contributed by atoms with Crippen molar-refractivity contribution in [3.05, 3.63) is 49.1 Å². The number of aliphatic carboxylic acids is 2. The summed E-state index contributed by atoms with van der Waals surface area (Å²) >= 11 is 0. The number of alkyl halides is 6. The molecule has 0 spiro atoms. The van der Waals surface area contributed by atoms with Gasteiger partial charge < -0.3 is 20.4 Å². The highest BCUT2D eigenvalue weighted by molar-refractivity contribution is 5.94. The smallest absolute Gasteiger partial charge is 0.475 e. The summed E-state index contributed by atoms with van der Waals surface area (Å²) in [6.45, 7) is 3.94. The topological polar surface area (TPSA) is 129 Å². The number of fused-ring (bicyclic) bond motifs is 1. The van der Waals surface area contributed by atoms with E-state index in [2.05, 4.69) is 32.3 Å². The standard InChI is InChI=1S/C17H17N5.2C2HF3O2/c1-4-18-5-2-13(1)16-11-14-12-20-6-3-15(14)17(21-16)22-9-7-19-8-10-22;2*3-2(4,5)1(6)7/h1-6,11-12,19H,7-10H2;2*(H,6,7). The minimum absolute atomic E-state index is 0.969. The van der Waals surface area contributed by atoms with Gasteiger partial charge in [0.2, 0.25) is 0 Å². The third-order valence-corrected chi connectivity index (χ3v) is 4.49. The second-order valence-electron chi connectivity index (χ2n) is 7.01. The van der Waals surface area contributed by atoms with Crippen molar-refractivity contribution in [3.8, 4) is 11.3 Å². The molecule has 9 nitrogen and oxygen atoms in total. The summed E-state index contributed by atoms with van der Waals surface area (Å²) < 4.78 is 63.5. The highest BCUT2D eigenvalue weighted by atomic mass is 19.4. The monoisotopic (exact) mass is 519 g/mol. The average Bonchev–Trinajstić information content (AvgIpc) is 2.84. The SMILES string of the molecule is O=C(O)C(F)(F)F.O=C(O)C(F)(F)F.c1cc(-c2cc3cnccc3c(N3CCNCC3)n2)ccn1. The van der Waals surface area contributed by atoms with Crippen molar-refractivity contribution < 1.29 is 46.1 Å². The molecular weight excluding hydrogens is 500 g/mol. The molecule has 0 bridgehead atoms. The normalized spacial score (nSPS) is 13.7. The van der Waals surface area contributed by atoms with Crippen molar-refractivity contribution in [3.63, 3.8) is 0 Å². The van der Waals surface area contributed by atoms with Crippen molar-refractivity contribution in [2.45, 2.75) is 12.4 Å². The Morgan fingerprint density at radius 1 is 0.861 bits per heavy atom. The summed E-state index contributed by atoms with van der Waals surface area (Å²) in [4.78, 5) is 33.4. The van der Waals surface area contributed by atoms with Crippen molar-refractivity contribution in [1.29, 1.82) is 0 Å². The molecule has 0 atom stereocenters. The maximum absolute atomic E-state index is 10.6. The van der Waals surface area contributed by atoms with Gasteiger partial charge in [-0.1, -0.05) is 0 Å². The van der Waals surface area contributed by atoms with Crippen LogP contribution >= 0.6 is 0 Å². The van der Waals surface area contributed by atoms with Gasteiger partial charge in [-0.3, -0.25) is 9.97 Å². The lowest BCUT2D eigenvalue weighted by Crippen LogP contribution is -2.44. The molecule has 4 heterocycles. The van der Waals surface area contributed by atoms with E-state index in [1.807, 2.05) is 24.5 Å². The summed E-state index contributed by atoms with van der Waals surface area (Å²) in [5, 5.41) is 19.9. The summed E-state index contributed by atoms with van der Waals surface area (Å²) in [6.07, 6.45) is -2.82. The molecule has 36 heavy (non-hydrogen) atoms. The number of nitrogens with one attached hydrogen (secondary N) is 1. The van der Waals surface area contributed by atoms with Crippen molar-refractivity contribution in [2.24, 2.45) is 0 Å². The Hall–Kier alpha value is -4.01. The van der Waals surface area contributed by atoms with Crippen molar-refractivity contribution >= 4 is 28.5 Å². The number of aromatic nitrogens is 3. The Labute approximate surface area is 199 Å². The first-order chi connectivity index (χ1) is 16.8. The second-order valence-corrected chi connectivity index (χ2v) is 7.01. The molecule has 4 rings (SSSR count). The average molecular weight is 519 g/mol. The number of hydrogen-bond donors (Lipinski definition) is 3. The fourth-order valence-electron chi connectivity index (χ4n) is 2.87. The molecule has 3 aromatic heterocycles. The molecule has 0 saturated carbocycles. The van der Waals surface area contributed by atoms with Crippen LogP contribution in [0.4, 0.5) is 32.2 Å². The van der Waals surface area contributed by atoms with Crippen LogP contribution in [0, 0.1) is 0 Å². The molecule has 0 unspecified atom stereocenters. The predicted octanol–water partition coefficient (Wildman–Crippen LogP) is 3.37. The Kier molecular flexibility index (Phi) is 9.49. The number of carboxylic acids is 2. The zero-order valence-electron chi connectivity index (χ0n) is 18.2. The highest BCUT2D eigenvalue weighted by Crippen LogP contribution is 2.29. The summed E-state index contributed by atoms with van der Waals surface area (Å²) in [6, 6.07) is 8.14. The van der Waals surface area contributed by atoms with Crippen LogP contribution in [0.25, 0.3) is 22.0 Å². The van der Waals surface area contributed by atoms with E-state index in [-0.39, 0.29) is 0 Å². The van der Waals surface area contributed by atoms with Gasteiger partial charge in [-0.15, -0.1) is 0 Å². The van der Waals surface area contributed by atoms with Crippen LogP contribution in [0.1, 0.15) is 0 Å². The molecule has 1 fully saturated rings. The first-order valence-corrected chi connectivity index (χ1v) is 10.0. The van der Waals surface area contributed by atoms with Gasteiger partial charge in [-0.05, 0) is 24.3 Å². The quantitative estimate of drug-likeness (QED) is 0.437. The Bertz CT molecular complexity index is 1140. The predicted molar refractivity (Wildman–Crippen MR) is 115 cm³/mol. The van der Waals surface area contributed by atoms with Crippen molar-refractivity contribution in [1.82, 2.24) is 20.3 Å². The van der Waals surface area contributed by atoms with E-state index in [0.29, 0.717) is 0 Å². The number of halogens is 6. The number of hydrogen-bond acceptors (Lipinski definition) is 7. The van der Waals surface area contributed by atoms with Gasteiger partial charge in [0.05, 0.1) is 5.69 Å². The Morgan fingerprint density at radius 2 is 1.36 bits per heavy atom. The van der Waals surface area contributed by atoms with Gasteiger partial charge in [-0.2, -0.15) is 26.3 Å². The first kappa shape index (κ1) is 28.2. The lowest BCUT2D eigenvalue weighted by molar-refractivity contribution is -0.193. The fraction of sp³-hybridized carbons (Fsp3) is 0.286. The molecule has 3 N–H and O–H groups in total. The van der Waals surface area contributed by atoms with E-state index in [4.69, 9.17) is 24.8 Å². The van der Waals surface area contributed by atoms with E-state index >= 15 is 0 Å². The number of piperazine rings is 1. The zero-order chi connectivity index (χ0) is 26.9. The van der Waals surface area contributed by atoms with Crippen LogP contribution in [0.5, 0.6) is 0 Å². The van der Waals surface area contributed by atoms with E-state index in [1.54, 1.807) is 12.4 Å². The molecule has 1 aliphatic rings. The summed E-state index contributed by atoms with van der Waals surface area (Å²) in [5.74, 6) is -4.46. The van der Waals surface area contributed by atoms with E-state index in [1.165, 1.54) is 0 Å². The summed E-state index contributed by atoms with van der Waals surface area (Å²) in [7, 11) is 0. The zero-order valence-corrected chi connectivity index (χ0v) is 18.2. The van der Waals surface area contributed by atoms with Crippen LogP contribution in [0.2, 0.25) is 0 Å². The summed E-state index contributed by atoms with van der Waals surface area (Å²) in [5.41, 5.74) is 2.05.